The topological polar surface area (TPSA) is 98.5 Å². The number of amides is 1. The summed E-state index contributed by atoms with van der Waals surface area (Å²) in [5.74, 6) is -0.178. The molecule has 1 aliphatic carbocycles. The van der Waals surface area contributed by atoms with E-state index in [0.717, 1.165) is 5.56 Å². The molecular weight excluding hydrogens is 328 g/mol. The summed E-state index contributed by atoms with van der Waals surface area (Å²) in [6.07, 6.45) is 0.914. The van der Waals surface area contributed by atoms with Gasteiger partial charge >= 0.3 is 0 Å². The molecule has 1 fully saturated rings. The maximum atomic E-state index is 12.7. The Hall–Kier alpha value is -1.44. The molecule has 7 heteroatoms. The zero-order valence-electron chi connectivity index (χ0n) is 14.3. The Morgan fingerprint density at radius 2 is 2.12 bits per heavy atom. The SMILES string of the molecule is CCOC1CC(N)(C(=O)Nc2ccc3c(c2)S(=O)(=O)CC3)C1(C)C. The lowest BCUT2D eigenvalue weighted by Gasteiger charge is -2.57. The van der Waals surface area contributed by atoms with Crippen molar-refractivity contribution in [2.75, 3.05) is 17.7 Å². The van der Waals surface area contributed by atoms with Crippen LogP contribution in [0.15, 0.2) is 23.1 Å². The van der Waals surface area contributed by atoms with Gasteiger partial charge in [0.25, 0.3) is 0 Å². The van der Waals surface area contributed by atoms with E-state index in [4.69, 9.17) is 10.5 Å². The lowest BCUT2D eigenvalue weighted by molar-refractivity contribution is -0.166. The van der Waals surface area contributed by atoms with Gasteiger partial charge in [-0.3, -0.25) is 4.79 Å². The van der Waals surface area contributed by atoms with Gasteiger partial charge < -0.3 is 15.8 Å². The van der Waals surface area contributed by atoms with E-state index in [9.17, 15) is 13.2 Å². The summed E-state index contributed by atoms with van der Waals surface area (Å²) in [6, 6.07) is 5.02. The third kappa shape index (κ3) is 2.46. The molecule has 2 unspecified atom stereocenters. The second-order valence-corrected chi connectivity index (χ2v) is 9.26. The number of rotatable bonds is 4. The maximum absolute atomic E-state index is 12.7. The van der Waals surface area contributed by atoms with E-state index < -0.39 is 20.8 Å². The fourth-order valence-electron chi connectivity index (χ4n) is 3.55. The van der Waals surface area contributed by atoms with Gasteiger partial charge in [0.15, 0.2) is 9.84 Å². The Morgan fingerprint density at radius 3 is 2.75 bits per heavy atom. The number of nitrogens with one attached hydrogen (secondary N) is 1. The number of hydrogen-bond acceptors (Lipinski definition) is 5. The number of nitrogens with two attached hydrogens (primary N) is 1. The minimum atomic E-state index is -3.23. The Bertz CT molecular complexity index is 788. The zero-order valence-corrected chi connectivity index (χ0v) is 15.1. The molecule has 24 heavy (non-hydrogen) atoms. The highest BCUT2D eigenvalue weighted by Crippen LogP contribution is 2.50. The molecule has 1 amide bonds. The number of benzene rings is 1. The number of sulfone groups is 1. The fourth-order valence-corrected chi connectivity index (χ4v) is 5.13. The van der Waals surface area contributed by atoms with Gasteiger partial charge in [-0.2, -0.15) is 0 Å². The number of hydrogen-bond donors (Lipinski definition) is 2. The predicted molar refractivity (Wildman–Crippen MR) is 91.6 cm³/mol. The van der Waals surface area contributed by atoms with Gasteiger partial charge in [0.2, 0.25) is 5.91 Å². The van der Waals surface area contributed by atoms with E-state index in [2.05, 4.69) is 5.32 Å². The van der Waals surface area contributed by atoms with Gasteiger partial charge in [-0.1, -0.05) is 19.9 Å². The van der Waals surface area contributed by atoms with Crippen LogP contribution in [0.4, 0.5) is 5.69 Å². The van der Waals surface area contributed by atoms with Gasteiger partial charge in [0, 0.05) is 24.1 Å². The Morgan fingerprint density at radius 1 is 1.42 bits per heavy atom. The predicted octanol–water partition coefficient (Wildman–Crippen LogP) is 1.49. The highest BCUT2D eigenvalue weighted by Gasteiger charge is 2.62. The molecule has 3 rings (SSSR count). The van der Waals surface area contributed by atoms with Crippen LogP contribution in [0.1, 0.15) is 32.8 Å². The molecule has 1 aromatic rings. The number of ether oxygens (including phenoxy) is 1. The average Bonchev–Trinajstić information content (AvgIpc) is 2.82. The molecule has 0 aromatic heterocycles. The molecule has 0 bridgehead atoms. The first-order chi connectivity index (χ1) is 11.1. The van der Waals surface area contributed by atoms with Crippen LogP contribution in [0.25, 0.3) is 0 Å². The molecule has 1 aromatic carbocycles. The lowest BCUT2D eigenvalue weighted by Crippen LogP contribution is -2.74. The van der Waals surface area contributed by atoms with Gasteiger partial charge in [-0.15, -0.1) is 0 Å². The van der Waals surface area contributed by atoms with Crippen LogP contribution in [-0.4, -0.2) is 38.3 Å². The van der Waals surface area contributed by atoms with Crippen LogP contribution in [0.5, 0.6) is 0 Å². The Kier molecular flexibility index (Phi) is 4.01. The summed E-state index contributed by atoms with van der Waals surface area (Å²) in [5, 5.41) is 2.79. The summed E-state index contributed by atoms with van der Waals surface area (Å²) in [6.45, 7) is 6.33. The third-order valence-electron chi connectivity index (χ3n) is 5.54. The highest BCUT2D eigenvalue weighted by molar-refractivity contribution is 7.91. The van der Waals surface area contributed by atoms with Crippen molar-refractivity contribution < 1.29 is 17.9 Å². The van der Waals surface area contributed by atoms with Crippen LogP contribution in [-0.2, 0) is 25.8 Å². The number of fused-ring (bicyclic) bond motifs is 1. The Labute approximate surface area is 142 Å². The molecule has 0 radical (unpaired) electrons. The molecule has 2 aliphatic rings. The number of anilines is 1. The number of aryl methyl sites for hydroxylation is 1. The van der Waals surface area contributed by atoms with Crippen molar-refractivity contribution in [3.8, 4) is 0 Å². The van der Waals surface area contributed by atoms with Crippen molar-refractivity contribution in [1.29, 1.82) is 0 Å². The number of carbonyl (C=O) groups excluding carboxylic acids is 1. The third-order valence-corrected chi connectivity index (χ3v) is 7.33. The molecule has 6 nitrogen and oxygen atoms in total. The molecule has 2 atom stereocenters. The fraction of sp³-hybridized carbons (Fsp3) is 0.588. The van der Waals surface area contributed by atoms with Crippen LogP contribution in [0.3, 0.4) is 0 Å². The van der Waals surface area contributed by atoms with E-state index in [1.54, 1.807) is 12.1 Å². The van der Waals surface area contributed by atoms with Crippen LogP contribution in [0.2, 0.25) is 0 Å². The van der Waals surface area contributed by atoms with E-state index in [0.29, 0.717) is 30.0 Å². The quantitative estimate of drug-likeness (QED) is 0.855. The smallest absolute Gasteiger partial charge is 0.245 e. The Balaban J connectivity index is 1.79. The summed E-state index contributed by atoms with van der Waals surface area (Å²) in [5.41, 5.74) is 6.09. The molecule has 132 valence electrons. The summed E-state index contributed by atoms with van der Waals surface area (Å²) in [4.78, 5) is 13.0. The van der Waals surface area contributed by atoms with Gasteiger partial charge in [0.1, 0.15) is 5.54 Å². The summed E-state index contributed by atoms with van der Waals surface area (Å²) in [7, 11) is -3.23. The monoisotopic (exact) mass is 352 g/mol. The highest BCUT2D eigenvalue weighted by atomic mass is 32.2. The van der Waals surface area contributed by atoms with Gasteiger partial charge in [0.05, 0.1) is 16.8 Å². The maximum Gasteiger partial charge on any atom is 0.245 e. The van der Waals surface area contributed by atoms with E-state index in [-0.39, 0.29) is 17.8 Å². The molecular formula is C17H24N2O4S. The van der Waals surface area contributed by atoms with Crippen molar-refractivity contribution in [3.05, 3.63) is 23.8 Å². The summed E-state index contributed by atoms with van der Waals surface area (Å²) < 4.78 is 29.7. The molecule has 1 saturated carbocycles. The van der Waals surface area contributed by atoms with Gasteiger partial charge in [-0.25, -0.2) is 8.42 Å². The van der Waals surface area contributed by atoms with Crippen molar-refractivity contribution >= 4 is 21.4 Å². The van der Waals surface area contributed by atoms with Gasteiger partial charge in [-0.05, 0) is 31.0 Å². The second kappa shape index (κ2) is 5.54. The van der Waals surface area contributed by atoms with E-state index in [1.165, 1.54) is 6.07 Å². The first-order valence-corrected chi connectivity index (χ1v) is 9.84. The molecule has 0 saturated heterocycles. The summed E-state index contributed by atoms with van der Waals surface area (Å²) >= 11 is 0. The minimum Gasteiger partial charge on any atom is -0.378 e. The van der Waals surface area contributed by atoms with E-state index in [1.807, 2.05) is 20.8 Å². The van der Waals surface area contributed by atoms with Crippen molar-refractivity contribution in [3.63, 3.8) is 0 Å². The first kappa shape index (κ1) is 17.4. The standard InChI is InChI=1S/C17H24N2O4S/c1-4-23-14-10-17(18,16(14,2)3)15(20)19-12-6-5-11-7-8-24(21,22)13(11)9-12/h5-6,9,14H,4,7-8,10,18H2,1-3H3,(H,19,20). The van der Waals surface area contributed by atoms with Crippen molar-refractivity contribution in [2.24, 2.45) is 11.1 Å². The second-order valence-electron chi connectivity index (χ2n) is 7.19. The van der Waals surface area contributed by atoms with Crippen LogP contribution >= 0.6 is 0 Å². The van der Waals surface area contributed by atoms with Crippen LogP contribution < -0.4 is 11.1 Å². The molecule has 1 heterocycles. The largest absolute Gasteiger partial charge is 0.378 e. The zero-order chi connectivity index (χ0) is 17.8. The minimum absolute atomic E-state index is 0.0568. The van der Waals surface area contributed by atoms with Crippen LogP contribution in [0, 0.1) is 5.41 Å². The average molecular weight is 352 g/mol. The van der Waals surface area contributed by atoms with Crippen molar-refractivity contribution in [1.82, 2.24) is 0 Å². The van der Waals surface area contributed by atoms with E-state index >= 15 is 0 Å². The number of carbonyl (C=O) groups is 1. The molecule has 0 spiro atoms. The lowest BCUT2D eigenvalue weighted by atomic mass is 9.54. The molecule has 3 N–H and O–H groups in total. The first-order valence-electron chi connectivity index (χ1n) is 8.19. The molecule has 1 aliphatic heterocycles. The normalized spacial score (nSPS) is 29.6. The van der Waals surface area contributed by atoms with Crippen molar-refractivity contribution in [2.45, 2.75) is 50.2 Å².